The largest absolute Gasteiger partial charge is 0.480 e. The van der Waals surface area contributed by atoms with Gasteiger partial charge in [-0.3, -0.25) is 4.79 Å². The van der Waals surface area contributed by atoms with Gasteiger partial charge in [-0.1, -0.05) is 18.9 Å². The van der Waals surface area contributed by atoms with E-state index in [0.717, 1.165) is 12.8 Å². The summed E-state index contributed by atoms with van der Waals surface area (Å²) in [6.07, 6.45) is 5.51. The molecule has 3 rings (SSSR count). The molecule has 1 aliphatic rings. The Morgan fingerprint density at radius 2 is 2.23 bits per heavy atom. The van der Waals surface area contributed by atoms with Crippen molar-refractivity contribution in [2.45, 2.75) is 25.3 Å². The topological polar surface area (TPSA) is 97.1 Å². The molecule has 7 nitrogen and oxygen atoms in total. The van der Waals surface area contributed by atoms with Crippen molar-refractivity contribution in [2.24, 2.45) is 5.92 Å². The van der Waals surface area contributed by atoms with E-state index < -0.39 is 17.9 Å². The van der Waals surface area contributed by atoms with Gasteiger partial charge in [0.15, 0.2) is 0 Å². The van der Waals surface area contributed by atoms with Crippen molar-refractivity contribution in [3.8, 4) is 5.69 Å². The van der Waals surface area contributed by atoms with Gasteiger partial charge in [0.25, 0.3) is 5.91 Å². The fourth-order valence-corrected chi connectivity index (χ4v) is 2.28. The van der Waals surface area contributed by atoms with Crippen molar-refractivity contribution < 1.29 is 14.7 Å². The highest BCUT2D eigenvalue weighted by Crippen LogP contribution is 2.33. The van der Waals surface area contributed by atoms with E-state index in [4.69, 9.17) is 0 Å². The minimum Gasteiger partial charge on any atom is -0.480 e. The van der Waals surface area contributed by atoms with Gasteiger partial charge >= 0.3 is 5.97 Å². The van der Waals surface area contributed by atoms with Gasteiger partial charge in [-0.05, 0) is 30.5 Å². The van der Waals surface area contributed by atoms with Crippen LogP contribution in [0.3, 0.4) is 0 Å². The number of hydrogen-bond acceptors (Lipinski definition) is 4. The Kier molecular flexibility index (Phi) is 3.86. The molecule has 22 heavy (non-hydrogen) atoms. The maximum atomic E-state index is 12.3. The highest BCUT2D eigenvalue weighted by molar-refractivity contribution is 5.97. The van der Waals surface area contributed by atoms with Crippen LogP contribution < -0.4 is 5.32 Å². The van der Waals surface area contributed by atoms with Gasteiger partial charge in [-0.15, -0.1) is 0 Å². The molecular formula is C15H16N4O3. The number of aliphatic carboxylic acids is 1. The van der Waals surface area contributed by atoms with Crippen LogP contribution in [-0.2, 0) is 4.79 Å². The standard InChI is InChI=1S/C15H16N4O3/c20-14(18-13(15(21)22)6-10-4-5-10)11-2-1-3-12(7-11)19-9-16-8-17-19/h1-3,7-10,13H,4-6H2,(H,18,20)(H,21,22). The van der Waals surface area contributed by atoms with E-state index in [1.165, 1.54) is 17.3 Å². The van der Waals surface area contributed by atoms with Crippen LogP contribution in [0.25, 0.3) is 5.69 Å². The molecular weight excluding hydrogens is 284 g/mol. The zero-order valence-corrected chi connectivity index (χ0v) is 11.8. The number of carbonyl (C=O) groups is 2. The van der Waals surface area contributed by atoms with Crippen molar-refractivity contribution in [3.63, 3.8) is 0 Å². The number of benzene rings is 1. The molecule has 2 aromatic rings. The number of aromatic nitrogens is 3. The number of carboxylic acid groups (broad SMARTS) is 1. The average Bonchev–Trinajstić information content (AvgIpc) is 3.16. The summed E-state index contributed by atoms with van der Waals surface area (Å²) in [4.78, 5) is 27.4. The lowest BCUT2D eigenvalue weighted by Crippen LogP contribution is -2.41. The molecule has 1 aromatic carbocycles. The first-order chi connectivity index (χ1) is 10.6. The summed E-state index contributed by atoms with van der Waals surface area (Å²) >= 11 is 0. The zero-order valence-electron chi connectivity index (χ0n) is 11.8. The third-order valence-corrected chi connectivity index (χ3v) is 3.66. The Balaban J connectivity index is 1.73. The van der Waals surface area contributed by atoms with E-state index >= 15 is 0 Å². The van der Waals surface area contributed by atoms with E-state index in [0.29, 0.717) is 23.6 Å². The van der Waals surface area contributed by atoms with Crippen LogP contribution in [0.2, 0.25) is 0 Å². The molecule has 0 aliphatic heterocycles. The molecule has 1 amide bonds. The van der Waals surface area contributed by atoms with Crippen LogP contribution in [0.1, 0.15) is 29.6 Å². The quantitative estimate of drug-likeness (QED) is 0.837. The summed E-state index contributed by atoms with van der Waals surface area (Å²) in [5, 5.41) is 15.8. The van der Waals surface area contributed by atoms with Crippen LogP contribution in [0, 0.1) is 5.92 Å². The molecule has 1 heterocycles. The van der Waals surface area contributed by atoms with Crippen molar-refractivity contribution in [1.82, 2.24) is 20.1 Å². The summed E-state index contributed by atoms with van der Waals surface area (Å²) in [6, 6.07) is 5.98. The Labute approximate surface area is 127 Å². The highest BCUT2D eigenvalue weighted by atomic mass is 16.4. The predicted octanol–water partition coefficient (Wildman–Crippen LogP) is 1.25. The second-order valence-corrected chi connectivity index (χ2v) is 5.43. The maximum absolute atomic E-state index is 12.3. The van der Waals surface area contributed by atoms with E-state index in [1.807, 2.05) is 0 Å². The van der Waals surface area contributed by atoms with E-state index in [9.17, 15) is 14.7 Å². The summed E-state index contributed by atoms with van der Waals surface area (Å²) in [7, 11) is 0. The third-order valence-electron chi connectivity index (χ3n) is 3.66. The lowest BCUT2D eigenvalue weighted by Gasteiger charge is -2.14. The first kappa shape index (κ1) is 14.2. The van der Waals surface area contributed by atoms with Gasteiger partial charge in [-0.25, -0.2) is 14.5 Å². The van der Waals surface area contributed by atoms with Gasteiger partial charge in [0.1, 0.15) is 18.7 Å². The number of nitrogens with one attached hydrogen (secondary N) is 1. The molecule has 1 atom stereocenters. The number of hydrogen-bond donors (Lipinski definition) is 2. The number of carbonyl (C=O) groups excluding carboxylic acids is 1. The molecule has 1 aromatic heterocycles. The van der Waals surface area contributed by atoms with Gasteiger partial charge in [0.05, 0.1) is 5.69 Å². The van der Waals surface area contributed by atoms with Gasteiger partial charge < -0.3 is 10.4 Å². The first-order valence-electron chi connectivity index (χ1n) is 7.12. The average molecular weight is 300 g/mol. The van der Waals surface area contributed by atoms with Crippen molar-refractivity contribution in [3.05, 3.63) is 42.5 Å². The fraction of sp³-hybridized carbons (Fsp3) is 0.333. The Bertz CT molecular complexity index is 680. The second kappa shape index (κ2) is 5.97. The fourth-order valence-electron chi connectivity index (χ4n) is 2.28. The molecule has 7 heteroatoms. The van der Waals surface area contributed by atoms with Crippen LogP contribution in [0.4, 0.5) is 0 Å². The maximum Gasteiger partial charge on any atom is 0.326 e. The van der Waals surface area contributed by atoms with Crippen LogP contribution >= 0.6 is 0 Å². The van der Waals surface area contributed by atoms with Crippen molar-refractivity contribution >= 4 is 11.9 Å². The minimum atomic E-state index is -0.993. The Morgan fingerprint density at radius 3 is 2.86 bits per heavy atom. The number of amides is 1. The number of carboxylic acids is 1. The molecule has 1 fully saturated rings. The van der Waals surface area contributed by atoms with Crippen LogP contribution in [0.5, 0.6) is 0 Å². The first-order valence-corrected chi connectivity index (χ1v) is 7.12. The number of rotatable bonds is 6. The molecule has 1 unspecified atom stereocenters. The lowest BCUT2D eigenvalue weighted by atomic mass is 10.1. The number of nitrogens with zero attached hydrogens (tertiary/aromatic N) is 3. The van der Waals surface area contributed by atoms with Crippen LogP contribution in [0.15, 0.2) is 36.9 Å². The molecule has 2 N–H and O–H groups in total. The molecule has 0 radical (unpaired) electrons. The van der Waals surface area contributed by atoms with Crippen molar-refractivity contribution in [1.29, 1.82) is 0 Å². The highest BCUT2D eigenvalue weighted by Gasteiger charge is 2.30. The summed E-state index contributed by atoms with van der Waals surface area (Å²) in [5.74, 6) is -0.967. The van der Waals surface area contributed by atoms with Crippen LogP contribution in [-0.4, -0.2) is 37.8 Å². The molecule has 114 valence electrons. The summed E-state index contributed by atoms with van der Waals surface area (Å²) in [6.45, 7) is 0. The van der Waals surface area contributed by atoms with Gasteiger partial charge in [0, 0.05) is 5.56 Å². The van der Waals surface area contributed by atoms with E-state index in [1.54, 1.807) is 24.3 Å². The van der Waals surface area contributed by atoms with Gasteiger partial charge in [-0.2, -0.15) is 5.10 Å². The third kappa shape index (κ3) is 3.30. The van der Waals surface area contributed by atoms with Crippen molar-refractivity contribution in [2.75, 3.05) is 0 Å². The predicted molar refractivity (Wildman–Crippen MR) is 77.6 cm³/mol. The second-order valence-electron chi connectivity index (χ2n) is 5.43. The SMILES string of the molecule is O=C(NC(CC1CC1)C(=O)O)c1cccc(-n2cncn2)c1. The summed E-state index contributed by atoms with van der Waals surface area (Å²) in [5.41, 5.74) is 1.09. The molecule has 1 aliphatic carbocycles. The summed E-state index contributed by atoms with van der Waals surface area (Å²) < 4.78 is 1.54. The van der Waals surface area contributed by atoms with Gasteiger partial charge in [0.2, 0.25) is 0 Å². The minimum absolute atomic E-state index is 0.394. The zero-order chi connectivity index (χ0) is 15.5. The molecule has 0 bridgehead atoms. The smallest absolute Gasteiger partial charge is 0.326 e. The Hall–Kier alpha value is -2.70. The Morgan fingerprint density at radius 1 is 1.41 bits per heavy atom. The molecule has 0 spiro atoms. The molecule has 1 saturated carbocycles. The normalized spacial score (nSPS) is 15.3. The lowest BCUT2D eigenvalue weighted by molar-refractivity contribution is -0.139. The van der Waals surface area contributed by atoms with E-state index in [-0.39, 0.29) is 0 Å². The monoisotopic (exact) mass is 300 g/mol. The van der Waals surface area contributed by atoms with E-state index in [2.05, 4.69) is 15.4 Å². The molecule has 0 saturated heterocycles.